The SMILES string of the molecule is CC(C)C(CN)c1nn2ccccc2c1Cl. The summed E-state index contributed by atoms with van der Waals surface area (Å²) < 4.78 is 1.81. The fourth-order valence-corrected chi connectivity index (χ4v) is 2.25. The fourth-order valence-electron chi connectivity index (χ4n) is 1.92. The molecule has 3 nitrogen and oxygen atoms in total. The summed E-state index contributed by atoms with van der Waals surface area (Å²) in [5.41, 5.74) is 7.64. The van der Waals surface area contributed by atoms with Gasteiger partial charge < -0.3 is 5.73 Å². The molecule has 2 N–H and O–H groups in total. The molecule has 86 valence electrons. The average Bonchev–Trinajstić information content (AvgIpc) is 2.58. The number of hydrogen-bond donors (Lipinski definition) is 1. The maximum absolute atomic E-state index is 6.34. The van der Waals surface area contributed by atoms with Crippen LogP contribution in [0.3, 0.4) is 0 Å². The van der Waals surface area contributed by atoms with Gasteiger partial charge in [0, 0.05) is 18.7 Å². The summed E-state index contributed by atoms with van der Waals surface area (Å²) in [5.74, 6) is 0.653. The molecule has 0 amide bonds. The van der Waals surface area contributed by atoms with E-state index in [4.69, 9.17) is 17.3 Å². The van der Waals surface area contributed by atoms with Crippen LogP contribution in [0.4, 0.5) is 0 Å². The van der Waals surface area contributed by atoms with Crippen molar-refractivity contribution in [3.05, 3.63) is 35.1 Å². The number of aromatic nitrogens is 2. The van der Waals surface area contributed by atoms with Crippen LogP contribution in [0.2, 0.25) is 5.02 Å². The lowest BCUT2D eigenvalue weighted by molar-refractivity contribution is 0.493. The molecule has 0 saturated carbocycles. The number of nitrogens with zero attached hydrogens (tertiary/aromatic N) is 2. The molecule has 0 fully saturated rings. The van der Waals surface area contributed by atoms with E-state index >= 15 is 0 Å². The summed E-state index contributed by atoms with van der Waals surface area (Å²) in [6.07, 6.45) is 1.90. The van der Waals surface area contributed by atoms with Crippen LogP contribution >= 0.6 is 11.6 Å². The number of fused-ring (bicyclic) bond motifs is 1. The molecule has 1 unspecified atom stereocenters. The van der Waals surface area contributed by atoms with Crippen LogP contribution in [-0.2, 0) is 0 Å². The van der Waals surface area contributed by atoms with E-state index in [2.05, 4.69) is 18.9 Å². The first-order valence-electron chi connectivity index (χ1n) is 5.48. The van der Waals surface area contributed by atoms with Crippen molar-refractivity contribution >= 4 is 17.1 Å². The Bertz CT molecular complexity index is 490. The Balaban J connectivity index is 2.56. The summed E-state index contributed by atoms with van der Waals surface area (Å²) in [4.78, 5) is 0. The van der Waals surface area contributed by atoms with E-state index in [0.29, 0.717) is 12.5 Å². The largest absolute Gasteiger partial charge is 0.330 e. The first-order valence-corrected chi connectivity index (χ1v) is 5.85. The smallest absolute Gasteiger partial charge is 0.0899 e. The van der Waals surface area contributed by atoms with Crippen LogP contribution < -0.4 is 5.73 Å². The van der Waals surface area contributed by atoms with Gasteiger partial charge >= 0.3 is 0 Å². The normalized spacial score (nSPS) is 13.6. The van der Waals surface area contributed by atoms with E-state index in [0.717, 1.165) is 16.2 Å². The van der Waals surface area contributed by atoms with E-state index in [1.807, 2.05) is 28.9 Å². The van der Waals surface area contributed by atoms with Gasteiger partial charge in [0.1, 0.15) is 0 Å². The first kappa shape index (κ1) is 11.4. The summed E-state index contributed by atoms with van der Waals surface area (Å²) in [7, 11) is 0. The molecule has 2 aromatic heterocycles. The van der Waals surface area contributed by atoms with Gasteiger partial charge in [-0.05, 0) is 18.1 Å². The zero-order valence-corrected chi connectivity index (χ0v) is 10.3. The predicted octanol–water partition coefficient (Wildman–Crippen LogP) is 2.69. The molecule has 2 rings (SSSR count). The van der Waals surface area contributed by atoms with Gasteiger partial charge in [0.05, 0.1) is 16.2 Å². The quantitative estimate of drug-likeness (QED) is 0.892. The molecule has 0 aromatic carbocycles. The van der Waals surface area contributed by atoms with Gasteiger partial charge in [0.15, 0.2) is 0 Å². The third-order valence-corrected chi connectivity index (χ3v) is 3.30. The number of nitrogens with two attached hydrogens (primary N) is 1. The molecular formula is C12H16ClN3. The van der Waals surface area contributed by atoms with Crippen LogP contribution in [0.25, 0.3) is 5.52 Å². The molecule has 1 atom stereocenters. The lowest BCUT2D eigenvalue weighted by atomic mass is 9.93. The predicted molar refractivity (Wildman–Crippen MR) is 66.8 cm³/mol. The summed E-state index contributed by atoms with van der Waals surface area (Å²) in [5, 5.41) is 5.24. The van der Waals surface area contributed by atoms with Gasteiger partial charge in [0.25, 0.3) is 0 Å². The van der Waals surface area contributed by atoms with Crippen LogP contribution in [0.5, 0.6) is 0 Å². The van der Waals surface area contributed by atoms with E-state index in [9.17, 15) is 0 Å². The van der Waals surface area contributed by atoms with Gasteiger partial charge in [-0.2, -0.15) is 5.10 Å². The Kier molecular flexibility index (Phi) is 3.17. The minimum Gasteiger partial charge on any atom is -0.330 e. The Morgan fingerprint density at radius 1 is 1.44 bits per heavy atom. The standard InChI is InChI=1S/C12H16ClN3/c1-8(2)9(7-14)12-11(13)10-5-3-4-6-16(10)15-12/h3-6,8-9H,7,14H2,1-2H3. The summed E-state index contributed by atoms with van der Waals surface area (Å²) >= 11 is 6.34. The van der Waals surface area contributed by atoms with Gasteiger partial charge in [0.2, 0.25) is 0 Å². The van der Waals surface area contributed by atoms with Crippen molar-refractivity contribution in [2.24, 2.45) is 11.7 Å². The van der Waals surface area contributed by atoms with Gasteiger partial charge in [-0.3, -0.25) is 0 Å². The number of rotatable bonds is 3. The van der Waals surface area contributed by atoms with Crippen LogP contribution in [0, 0.1) is 5.92 Å². The molecule has 16 heavy (non-hydrogen) atoms. The molecule has 0 aliphatic rings. The Hall–Kier alpha value is -1.06. The molecular weight excluding hydrogens is 222 g/mol. The Morgan fingerprint density at radius 3 is 2.75 bits per heavy atom. The zero-order chi connectivity index (χ0) is 11.7. The maximum Gasteiger partial charge on any atom is 0.0899 e. The average molecular weight is 238 g/mol. The third kappa shape index (κ3) is 1.81. The molecule has 0 radical (unpaired) electrons. The third-order valence-electron chi connectivity index (χ3n) is 2.91. The van der Waals surface area contributed by atoms with Crippen molar-refractivity contribution in [3.8, 4) is 0 Å². The number of halogens is 1. The van der Waals surface area contributed by atoms with Crippen molar-refractivity contribution in [1.82, 2.24) is 9.61 Å². The molecule has 0 saturated heterocycles. The topological polar surface area (TPSA) is 43.3 Å². The van der Waals surface area contributed by atoms with Crippen molar-refractivity contribution in [2.75, 3.05) is 6.54 Å². The van der Waals surface area contributed by atoms with E-state index in [1.54, 1.807) is 0 Å². The second-order valence-corrected chi connectivity index (χ2v) is 4.69. The first-order chi connectivity index (χ1) is 7.65. The molecule has 0 aliphatic heterocycles. The van der Waals surface area contributed by atoms with Crippen molar-refractivity contribution in [2.45, 2.75) is 19.8 Å². The van der Waals surface area contributed by atoms with Crippen molar-refractivity contribution < 1.29 is 0 Å². The molecule has 4 heteroatoms. The number of pyridine rings is 1. The molecule has 2 heterocycles. The maximum atomic E-state index is 6.34. The van der Waals surface area contributed by atoms with Gasteiger partial charge in [-0.15, -0.1) is 0 Å². The van der Waals surface area contributed by atoms with Gasteiger partial charge in [-0.25, -0.2) is 4.52 Å². The van der Waals surface area contributed by atoms with E-state index in [1.165, 1.54) is 0 Å². The number of hydrogen-bond acceptors (Lipinski definition) is 2. The second-order valence-electron chi connectivity index (χ2n) is 4.32. The summed E-state index contributed by atoms with van der Waals surface area (Å²) in [6, 6.07) is 5.86. The highest BCUT2D eigenvalue weighted by molar-refractivity contribution is 6.34. The molecule has 0 bridgehead atoms. The van der Waals surface area contributed by atoms with Crippen molar-refractivity contribution in [3.63, 3.8) is 0 Å². The van der Waals surface area contributed by atoms with Crippen LogP contribution in [0.1, 0.15) is 25.5 Å². The van der Waals surface area contributed by atoms with E-state index < -0.39 is 0 Å². The highest BCUT2D eigenvalue weighted by Gasteiger charge is 2.21. The summed E-state index contributed by atoms with van der Waals surface area (Å²) in [6.45, 7) is 4.84. The minimum absolute atomic E-state index is 0.215. The minimum atomic E-state index is 0.215. The van der Waals surface area contributed by atoms with Gasteiger partial charge in [-0.1, -0.05) is 31.5 Å². The monoisotopic (exact) mass is 237 g/mol. The molecule has 0 aliphatic carbocycles. The molecule has 0 spiro atoms. The Labute approximate surface area is 100 Å². The highest BCUT2D eigenvalue weighted by Crippen LogP contribution is 2.31. The highest BCUT2D eigenvalue weighted by atomic mass is 35.5. The zero-order valence-electron chi connectivity index (χ0n) is 9.52. The lowest BCUT2D eigenvalue weighted by Gasteiger charge is -2.16. The van der Waals surface area contributed by atoms with Crippen LogP contribution in [-0.4, -0.2) is 16.2 Å². The van der Waals surface area contributed by atoms with Crippen LogP contribution in [0.15, 0.2) is 24.4 Å². The van der Waals surface area contributed by atoms with E-state index in [-0.39, 0.29) is 5.92 Å². The molecule has 2 aromatic rings. The Morgan fingerprint density at radius 2 is 2.19 bits per heavy atom. The fraction of sp³-hybridized carbons (Fsp3) is 0.417. The lowest BCUT2D eigenvalue weighted by Crippen LogP contribution is -2.18. The second kappa shape index (κ2) is 4.44. The van der Waals surface area contributed by atoms with Crippen molar-refractivity contribution in [1.29, 1.82) is 0 Å².